The van der Waals surface area contributed by atoms with Gasteiger partial charge in [-0.25, -0.2) is 4.98 Å². The molecule has 2 heterocycles. The third kappa shape index (κ3) is 2.08. The molecule has 2 aromatic rings. The van der Waals surface area contributed by atoms with Gasteiger partial charge in [0.25, 0.3) is 0 Å². The van der Waals surface area contributed by atoms with E-state index in [1.807, 2.05) is 6.26 Å². The van der Waals surface area contributed by atoms with Crippen molar-refractivity contribution < 1.29 is 9.90 Å². The Hall–Kier alpha value is -1.76. The fourth-order valence-corrected chi connectivity index (χ4v) is 1.70. The molecule has 2 N–H and O–H groups in total. The van der Waals surface area contributed by atoms with Gasteiger partial charge in [0.2, 0.25) is 0 Å². The summed E-state index contributed by atoms with van der Waals surface area (Å²) in [6.07, 6.45) is 3.54. The Kier molecular flexibility index (Phi) is 2.95. The van der Waals surface area contributed by atoms with E-state index >= 15 is 0 Å². The second-order valence-corrected chi connectivity index (χ2v) is 3.86. The zero-order chi connectivity index (χ0) is 11.5. The Morgan fingerprint density at radius 2 is 2.50 bits per heavy atom. The summed E-state index contributed by atoms with van der Waals surface area (Å²) >= 11 is 1.50. The van der Waals surface area contributed by atoms with Gasteiger partial charge in [-0.15, -0.1) is 11.8 Å². The van der Waals surface area contributed by atoms with Crippen LogP contribution in [0.1, 0.15) is 0 Å². The lowest BCUT2D eigenvalue weighted by molar-refractivity contribution is -0.134. The first kappa shape index (κ1) is 10.7. The maximum atomic E-state index is 10.5. The molecule has 0 amide bonds. The molecule has 0 aliphatic rings. The van der Waals surface area contributed by atoms with Gasteiger partial charge < -0.3 is 10.4 Å². The van der Waals surface area contributed by atoms with Crippen LogP contribution in [-0.2, 0) is 4.79 Å². The topological polar surface area (TPSA) is 79.5 Å². The highest BCUT2D eigenvalue weighted by molar-refractivity contribution is 7.98. The van der Waals surface area contributed by atoms with Gasteiger partial charge in [-0.05, 0) is 6.26 Å². The summed E-state index contributed by atoms with van der Waals surface area (Å²) in [6, 6.07) is 3.54. The lowest BCUT2D eigenvalue weighted by Crippen LogP contribution is -2.15. The molecule has 2 rings (SSSR count). The summed E-state index contributed by atoms with van der Waals surface area (Å²) in [4.78, 5) is 14.8. The van der Waals surface area contributed by atoms with Gasteiger partial charge in [-0.3, -0.25) is 4.79 Å². The van der Waals surface area contributed by atoms with Crippen LogP contribution in [0.15, 0.2) is 23.4 Å². The first-order valence-corrected chi connectivity index (χ1v) is 5.77. The van der Waals surface area contributed by atoms with Gasteiger partial charge in [0, 0.05) is 12.1 Å². The van der Waals surface area contributed by atoms with Crippen LogP contribution in [0.5, 0.6) is 0 Å². The summed E-state index contributed by atoms with van der Waals surface area (Å²) in [5.41, 5.74) is 0.694. The van der Waals surface area contributed by atoms with Crippen LogP contribution >= 0.6 is 11.8 Å². The zero-order valence-corrected chi connectivity index (χ0v) is 9.36. The van der Waals surface area contributed by atoms with E-state index in [1.54, 1.807) is 22.8 Å². The van der Waals surface area contributed by atoms with Crippen LogP contribution in [-0.4, -0.2) is 38.5 Å². The molecule has 0 aliphatic heterocycles. The number of thioether (sulfide) groups is 1. The molecule has 7 heteroatoms. The van der Waals surface area contributed by atoms with E-state index in [0.717, 1.165) is 5.03 Å². The number of fused-ring (bicyclic) bond motifs is 1. The van der Waals surface area contributed by atoms with E-state index in [-0.39, 0.29) is 6.54 Å². The predicted octanol–water partition coefficient (Wildman–Crippen LogP) is 0.948. The second kappa shape index (κ2) is 4.40. The molecule has 0 unspecified atom stereocenters. The molecular formula is C9H10N4O2S. The average molecular weight is 238 g/mol. The normalized spacial score (nSPS) is 10.6. The molecule has 16 heavy (non-hydrogen) atoms. The summed E-state index contributed by atoms with van der Waals surface area (Å²) in [6.45, 7) is -0.146. The molecule has 0 spiro atoms. The van der Waals surface area contributed by atoms with E-state index in [0.29, 0.717) is 11.5 Å². The third-order valence-electron chi connectivity index (χ3n) is 1.97. The highest BCUT2D eigenvalue weighted by Crippen LogP contribution is 2.18. The Balaban J connectivity index is 2.40. The van der Waals surface area contributed by atoms with Crippen LogP contribution < -0.4 is 5.32 Å². The molecular weight excluding hydrogens is 228 g/mol. The highest BCUT2D eigenvalue weighted by atomic mass is 32.2. The van der Waals surface area contributed by atoms with Crippen LogP contribution in [0.4, 0.5) is 5.82 Å². The molecule has 0 saturated carbocycles. The van der Waals surface area contributed by atoms with Crippen molar-refractivity contribution in [3.63, 3.8) is 0 Å². The monoisotopic (exact) mass is 238 g/mol. The van der Waals surface area contributed by atoms with Gasteiger partial charge in [-0.1, -0.05) is 0 Å². The molecule has 0 atom stereocenters. The number of hydrogen-bond acceptors (Lipinski definition) is 5. The first-order chi connectivity index (χ1) is 7.70. The van der Waals surface area contributed by atoms with Crippen molar-refractivity contribution in [3.8, 4) is 0 Å². The van der Waals surface area contributed by atoms with Gasteiger partial charge >= 0.3 is 5.97 Å². The van der Waals surface area contributed by atoms with Gasteiger partial charge in [0.1, 0.15) is 17.4 Å². The van der Waals surface area contributed by atoms with Gasteiger partial charge in [0.15, 0.2) is 5.65 Å². The quantitative estimate of drug-likeness (QED) is 0.609. The van der Waals surface area contributed by atoms with Crippen LogP contribution in [0.2, 0.25) is 0 Å². The standard InChI is InChI=1S/C9H10N4O2S/c1-16-8-4-7(10-5-9(14)15)13-6(12-8)2-3-11-13/h2-4,10H,5H2,1H3,(H,14,15). The van der Waals surface area contributed by atoms with Gasteiger partial charge in [-0.2, -0.15) is 9.61 Å². The van der Waals surface area contributed by atoms with Crippen molar-refractivity contribution in [2.24, 2.45) is 0 Å². The van der Waals surface area contributed by atoms with Crippen molar-refractivity contribution in [1.29, 1.82) is 0 Å². The molecule has 6 nitrogen and oxygen atoms in total. The van der Waals surface area contributed by atoms with Crippen molar-refractivity contribution in [2.45, 2.75) is 5.03 Å². The minimum atomic E-state index is -0.914. The van der Waals surface area contributed by atoms with Crippen molar-refractivity contribution in [2.75, 3.05) is 18.1 Å². The van der Waals surface area contributed by atoms with E-state index in [4.69, 9.17) is 5.11 Å². The maximum Gasteiger partial charge on any atom is 0.322 e. The summed E-state index contributed by atoms with van der Waals surface area (Å²) in [5.74, 6) is -0.287. The van der Waals surface area contributed by atoms with E-state index < -0.39 is 5.97 Å². The molecule has 0 fully saturated rings. The zero-order valence-electron chi connectivity index (χ0n) is 8.54. The number of anilines is 1. The summed E-state index contributed by atoms with van der Waals surface area (Å²) in [7, 11) is 0. The number of nitrogens with one attached hydrogen (secondary N) is 1. The number of nitrogens with zero attached hydrogens (tertiary/aromatic N) is 3. The molecule has 0 radical (unpaired) electrons. The van der Waals surface area contributed by atoms with E-state index in [9.17, 15) is 4.79 Å². The Labute approximate surface area is 95.7 Å². The average Bonchev–Trinajstić information content (AvgIpc) is 2.73. The Morgan fingerprint density at radius 1 is 1.69 bits per heavy atom. The lowest BCUT2D eigenvalue weighted by atomic mass is 10.5. The number of rotatable bonds is 4. The smallest absolute Gasteiger partial charge is 0.322 e. The molecule has 0 bridgehead atoms. The number of aliphatic carboxylic acids is 1. The fraction of sp³-hybridized carbons (Fsp3) is 0.222. The third-order valence-corrected chi connectivity index (χ3v) is 2.59. The Bertz CT molecular complexity index is 525. The minimum absolute atomic E-state index is 0.146. The second-order valence-electron chi connectivity index (χ2n) is 3.03. The predicted molar refractivity (Wildman–Crippen MR) is 60.9 cm³/mol. The highest BCUT2D eigenvalue weighted by Gasteiger charge is 2.06. The van der Waals surface area contributed by atoms with Crippen LogP contribution in [0.3, 0.4) is 0 Å². The molecule has 2 aromatic heterocycles. The Morgan fingerprint density at radius 3 is 3.19 bits per heavy atom. The number of carboxylic acid groups (broad SMARTS) is 1. The fourth-order valence-electron chi connectivity index (χ4n) is 1.29. The summed E-state index contributed by atoms with van der Waals surface area (Å²) in [5, 5.41) is 16.3. The van der Waals surface area contributed by atoms with Crippen molar-refractivity contribution >= 4 is 29.2 Å². The lowest BCUT2D eigenvalue weighted by Gasteiger charge is -2.07. The van der Waals surface area contributed by atoms with Crippen LogP contribution in [0.25, 0.3) is 5.65 Å². The van der Waals surface area contributed by atoms with E-state index in [1.165, 1.54) is 11.8 Å². The van der Waals surface area contributed by atoms with E-state index in [2.05, 4.69) is 15.4 Å². The first-order valence-electron chi connectivity index (χ1n) is 4.55. The number of carbonyl (C=O) groups is 1. The largest absolute Gasteiger partial charge is 0.480 e. The number of carboxylic acids is 1. The SMILES string of the molecule is CSc1cc(NCC(=O)O)n2nccc2n1. The molecule has 0 aliphatic carbocycles. The summed E-state index contributed by atoms with van der Waals surface area (Å²) < 4.78 is 1.57. The molecule has 84 valence electrons. The van der Waals surface area contributed by atoms with Crippen LogP contribution in [0, 0.1) is 0 Å². The minimum Gasteiger partial charge on any atom is -0.480 e. The van der Waals surface area contributed by atoms with Crippen molar-refractivity contribution in [3.05, 3.63) is 18.3 Å². The maximum absolute atomic E-state index is 10.5. The van der Waals surface area contributed by atoms with Gasteiger partial charge in [0.05, 0.1) is 6.20 Å². The number of hydrogen-bond donors (Lipinski definition) is 2. The number of aromatic nitrogens is 3. The molecule has 0 aromatic carbocycles. The van der Waals surface area contributed by atoms with Crippen molar-refractivity contribution in [1.82, 2.24) is 14.6 Å². The molecule has 0 saturated heterocycles.